The molecule has 0 saturated heterocycles. The molecule has 0 spiro atoms. The molecule has 19 heavy (non-hydrogen) atoms. The molecule has 0 radical (unpaired) electrons. The number of hydrogen-bond acceptors (Lipinski definition) is 0. The molecule has 0 saturated carbocycles. The van der Waals surface area contributed by atoms with E-state index in [-0.39, 0.29) is 7.92 Å². The number of allylic oxidation sites excluding steroid dienone is 2. The summed E-state index contributed by atoms with van der Waals surface area (Å²) in [4.78, 5) is 0. The first-order chi connectivity index (χ1) is 9.18. The maximum atomic E-state index is 2.39. The smallest absolute Gasteiger partial charge is 0.00248 e. The van der Waals surface area contributed by atoms with Crippen molar-refractivity contribution in [2.24, 2.45) is 0 Å². The van der Waals surface area contributed by atoms with Crippen molar-refractivity contribution in [3.63, 3.8) is 0 Å². The van der Waals surface area contributed by atoms with E-state index >= 15 is 0 Å². The molecule has 2 aromatic carbocycles. The molecule has 0 aliphatic carbocycles. The Morgan fingerprint density at radius 2 is 1.26 bits per heavy atom. The molecule has 1 unspecified atom stereocenters. The Balaban J connectivity index is 2.43. The van der Waals surface area contributed by atoms with Crippen LogP contribution in [-0.2, 0) is 0 Å². The summed E-state index contributed by atoms with van der Waals surface area (Å²) in [5, 5.41) is 2.90. The highest BCUT2D eigenvalue weighted by molar-refractivity contribution is 7.73. The molecule has 0 heterocycles. The minimum Gasteiger partial charge on any atom is -0.0798 e. The van der Waals surface area contributed by atoms with Gasteiger partial charge in [-0.15, -0.1) is 0 Å². The molecule has 2 rings (SSSR count). The van der Waals surface area contributed by atoms with Crippen molar-refractivity contribution >= 4 is 18.5 Å². The third kappa shape index (κ3) is 3.78. The molecule has 0 N–H and O–H groups in total. The summed E-state index contributed by atoms with van der Waals surface area (Å²) in [5.41, 5.74) is 1.96. The fourth-order valence-electron chi connectivity index (χ4n) is 2.35. The van der Waals surface area contributed by atoms with Gasteiger partial charge in [0.05, 0.1) is 0 Å². The second-order valence-electron chi connectivity index (χ2n) is 5.03. The summed E-state index contributed by atoms with van der Waals surface area (Å²) < 4.78 is 0. The van der Waals surface area contributed by atoms with E-state index in [1.807, 2.05) is 0 Å². The predicted octanol–water partition coefficient (Wildman–Crippen LogP) is 4.47. The third-order valence-corrected chi connectivity index (χ3v) is 5.72. The fraction of sp³-hybridized carbons (Fsp3) is 0.222. The Hall–Kier alpha value is -1.39. The van der Waals surface area contributed by atoms with Crippen LogP contribution in [0.5, 0.6) is 0 Å². The molecule has 0 amide bonds. The van der Waals surface area contributed by atoms with Crippen molar-refractivity contribution < 1.29 is 0 Å². The molecule has 0 nitrogen and oxygen atoms in total. The predicted molar refractivity (Wildman–Crippen MR) is 88.0 cm³/mol. The second-order valence-corrected chi connectivity index (χ2v) is 7.61. The second kappa shape index (κ2) is 6.68. The first-order valence-corrected chi connectivity index (χ1v) is 8.14. The van der Waals surface area contributed by atoms with Crippen LogP contribution in [-0.4, -0.2) is 5.66 Å². The molecule has 0 aliphatic rings. The van der Waals surface area contributed by atoms with Crippen molar-refractivity contribution in [1.82, 2.24) is 0 Å². The van der Waals surface area contributed by atoms with E-state index in [0.717, 1.165) is 0 Å². The van der Waals surface area contributed by atoms with Gasteiger partial charge < -0.3 is 0 Å². The van der Waals surface area contributed by atoms with Crippen LogP contribution >= 0.6 is 7.92 Å². The standard InChI is InChI=1S/C18H21P/c1-15(2)14-16(3)19(17-10-6-4-7-11-17)18-12-8-5-9-13-18/h4-14,16H,1-3H3. The van der Waals surface area contributed by atoms with E-state index in [0.29, 0.717) is 5.66 Å². The zero-order valence-electron chi connectivity index (χ0n) is 11.9. The maximum absolute atomic E-state index is 2.39. The van der Waals surface area contributed by atoms with Crippen LogP contribution in [0.4, 0.5) is 0 Å². The fourth-order valence-corrected chi connectivity index (χ4v) is 5.03. The highest BCUT2D eigenvalue weighted by Gasteiger charge is 2.18. The SMILES string of the molecule is CC(C)=CC(C)P(c1ccccc1)c1ccccc1. The van der Waals surface area contributed by atoms with Gasteiger partial charge in [-0.05, 0) is 32.4 Å². The first-order valence-electron chi connectivity index (χ1n) is 6.73. The Morgan fingerprint density at radius 1 is 0.842 bits per heavy atom. The normalized spacial score (nSPS) is 12.2. The van der Waals surface area contributed by atoms with Gasteiger partial charge in [0.25, 0.3) is 0 Å². The van der Waals surface area contributed by atoms with Gasteiger partial charge >= 0.3 is 0 Å². The Bertz CT molecular complexity index is 485. The lowest BCUT2D eigenvalue weighted by molar-refractivity contribution is 1.18. The van der Waals surface area contributed by atoms with Crippen LogP contribution in [0.1, 0.15) is 20.8 Å². The highest BCUT2D eigenvalue weighted by Crippen LogP contribution is 2.40. The molecule has 0 fully saturated rings. The molecule has 0 aliphatic heterocycles. The van der Waals surface area contributed by atoms with E-state index in [1.54, 1.807) is 0 Å². The van der Waals surface area contributed by atoms with Crippen molar-refractivity contribution in [3.05, 3.63) is 72.3 Å². The first kappa shape index (κ1) is 14.0. The molecule has 1 atom stereocenters. The lowest BCUT2D eigenvalue weighted by Crippen LogP contribution is -2.18. The summed E-state index contributed by atoms with van der Waals surface area (Å²) in [6.45, 7) is 6.69. The van der Waals surface area contributed by atoms with Crippen LogP contribution < -0.4 is 10.6 Å². The van der Waals surface area contributed by atoms with E-state index < -0.39 is 0 Å². The number of benzene rings is 2. The zero-order valence-corrected chi connectivity index (χ0v) is 12.8. The van der Waals surface area contributed by atoms with E-state index in [9.17, 15) is 0 Å². The number of rotatable bonds is 4. The van der Waals surface area contributed by atoms with Gasteiger partial charge in [0.2, 0.25) is 0 Å². The quantitative estimate of drug-likeness (QED) is 0.567. The van der Waals surface area contributed by atoms with Crippen LogP contribution in [0.25, 0.3) is 0 Å². The molecule has 98 valence electrons. The van der Waals surface area contributed by atoms with Crippen LogP contribution in [0, 0.1) is 0 Å². The maximum Gasteiger partial charge on any atom is 0.00248 e. The van der Waals surface area contributed by atoms with Gasteiger partial charge in [0.15, 0.2) is 0 Å². The van der Waals surface area contributed by atoms with Crippen LogP contribution in [0.3, 0.4) is 0 Å². The summed E-state index contributed by atoms with van der Waals surface area (Å²) in [6.07, 6.45) is 2.39. The van der Waals surface area contributed by atoms with Gasteiger partial charge in [-0.25, -0.2) is 0 Å². The molecule has 1 heteroatoms. The lowest BCUT2D eigenvalue weighted by Gasteiger charge is -2.23. The van der Waals surface area contributed by atoms with Gasteiger partial charge in [0, 0.05) is 5.66 Å². The van der Waals surface area contributed by atoms with E-state index in [4.69, 9.17) is 0 Å². The molecular formula is C18H21P. The Labute approximate surface area is 117 Å². The summed E-state index contributed by atoms with van der Waals surface area (Å²) in [5.74, 6) is 0. The summed E-state index contributed by atoms with van der Waals surface area (Å²) >= 11 is 0. The van der Waals surface area contributed by atoms with E-state index in [1.165, 1.54) is 16.2 Å². The Morgan fingerprint density at radius 3 is 1.63 bits per heavy atom. The minimum atomic E-state index is -0.321. The molecular weight excluding hydrogens is 247 g/mol. The highest BCUT2D eigenvalue weighted by atomic mass is 31.1. The van der Waals surface area contributed by atoms with Gasteiger partial charge in [0.1, 0.15) is 0 Å². The molecule has 0 bridgehead atoms. The zero-order chi connectivity index (χ0) is 13.7. The monoisotopic (exact) mass is 268 g/mol. The third-order valence-electron chi connectivity index (χ3n) is 3.05. The average Bonchev–Trinajstić information content (AvgIpc) is 2.40. The van der Waals surface area contributed by atoms with E-state index in [2.05, 4.69) is 87.5 Å². The van der Waals surface area contributed by atoms with Crippen molar-refractivity contribution in [1.29, 1.82) is 0 Å². The largest absolute Gasteiger partial charge is 0.0798 e. The van der Waals surface area contributed by atoms with Crippen molar-refractivity contribution in [2.75, 3.05) is 0 Å². The van der Waals surface area contributed by atoms with Crippen LogP contribution in [0.15, 0.2) is 72.3 Å². The molecule has 2 aromatic rings. The summed E-state index contributed by atoms with van der Waals surface area (Å²) in [7, 11) is -0.321. The summed E-state index contributed by atoms with van der Waals surface area (Å²) in [6, 6.07) is 21.8. The Kier molecular flexibility index (Phi) is 4.93. The number of hydrogen-bond donors (Lipinski definition) is 0. The minimum absolute atomic E-state index is 0.321. The average molecular weight is 268 g/mol. The molecule has 0 aromatic heterocycles. The van der Waals surface area contributed by atoms with Crippen molar-refractivity contribution in [2.45, 2.75) is 26.4 Å². The van der Waals surface area contributed by atoms with Gasteiger partial charge in [-0.2, -0.15) is 0 Å². The van der Waals surface area contributed by atoms with Crippen molar-refractivity contribution in [3.8, 4) is 0 Å². The van der Waals surface area contributed by atoms with Gasteiger partial charge in [-0.1, -0.05) is 79.2 Å². The van der Waals surface area contributed by atoms with Crippen LogP contribution in [0.2, 0.25) is 0 Å². The lowest BCUT2D eigenvalue weighted by atomic mass is 10.3. The van der Waals surface area contributed by atoms with Gasteiger partial charge in [-0.3, -0.25) is 0 Å². The topological polar surface area (TPSA) is 0 Å².